The summed E-state index contributed by atoms with van der Waals surface area (Å²) in [6.07, 6.45) is 2.93. The molecule has 68 valence electrons. The van der Waals surface area contributed by atoms with Gasteiger partial charge >= 0.3 is 6.03 Å². The summed E-state index contributed by atoms with van der Waals surface area (Å²) >= 11 is 4.87. The number of carbonyl (C=O) groups is 1. The Morgan fingerprint density at radius 1 is 1.42 bits per heavy atom. The van der Waals surface area contributed by atoms with Gasteiger partial charge in [0.1, 0.15) is 0 Å². The first-order valence-corrected chi connectivity index (χ1v) is 4.37. The first-order valence-electron chi connectivity index (χ1n) is 3.96. The molecular weight excluding hydrogens is 174 g/mol. The smallest absolute Gasteiger partial charge is 0.312 e. The van der Waals surface area contributed by atoms with Crippen LogP contribution < -0.4 is 16.8 Å². The number of thiocarbonyl (C=S) groups is 1. The van der Waals surface area contributed by atoms with Crippen LogP contribution in [0.1, 0.15) is 19.3 Å². The number of rotatable bonds is 2. The van der Waals surface area contributed by atoms with Gasteiger partial charge in [-0.25, -0.2) is 4.79 Å². The predicted octanol–water partition coefficient (Wildman–Crippen LogP) is 0.109. The van der Waals surface area contributed by atoms with Crippen LogP contribution in [0.2, 0.25) is 0 Å². The SMILES string of the molecule is NC(=O)NC1CCCC1C(N)=S. The van der Waals surface area contributed by atoms with E-state index >= 15 is 0 Å². The van der Waals surface area contributed by atoms with Crippen molar-refractivity contribution in [2.45, 2.75) is 25.3 Å². The molecule has 1 fully saturated rings. The van der Waals surface area contributed by atoms with Crippen molar-refractivity contribution in [1.29, 1.82) is 0 Å². The van der Waals surface area contributed by atoms with Crippen LogP contribution in [0.15, 0.2) is 0 Å². The van der Waals surface area contributed by atoms with E-state index in [-0.39, 0.29) is 12.0 Å². The molecule has 0 heterocycles. The third-order valence-corrected chi connectivity index (χ3v) is 2.51. The van der Waals surface area contributed by atoms with Crippen molar-refractivity contribution in [2.24, 2.45) is 17.4 Å². The van der Waals surface area contributed by atoms with Gasteiger partial charge in [-0.05, 0) is 12.8 Å². The van der Waals surface area contributed by atoms with Gasteiger partial charge in [0.15, 0.2) is 0 Å². The van der Waals surface area contributed by atoms with Crippen LogP contribution in [0.3, 0.4) is 0 Å². The van der Waals surface area contributed by atoms with Crippen LogP contribution in [0.5, 0.6) is 0 Å². The van der Waals surface area contributed by atoms with Crippen LogP contribution in [-0.2, 0) is 0 Å². The third kappa shape index (κ3) is 2.07. The number of nitrogens with one attached hydrogen (secondary N) is 1. The number of carbonyl (C=O) groups excluding carboxylic acids is 1. The highest BCUT2D eigenvalue weighted by molar-refractivity contribution is 7.80. The Morgan fingerprint density at radius 2 is 2.08 bits per heavy atom. The molecule has 2 amide bonds. The molecule has 2 atom stereocenters. The van der Waals surface area contributed by atoms with Crippen LogP contribution in [-0.4, -0.2) is 17.1 Å². The summed E-state index contributed by atoms with van der Waals surface area (Å²) in [5, 5.41) is 2.64. The molecule has 0 spiro atoms. The molecule has 0 aromatic carbocycles. The van der Waals surface area contributed by atoms with Gasteiger partial charge in [0.2, 0.25) is 0 Å². The minimum atomic E-state index is -0.497. The summed E-state index contributed by atoms with van der Waals surface area (Å²) in [6.45, 7) is 0. The lowest BCUT2D eigenvalue weighted by molar-refractivity contribution is 0.244. The highest BCUT2D eigenvalue weighted by atomic mass is 32.1. The molecule has 1 aliphatic carbocycles. The average Bonchev–Trinajstić information content (AvgIpc) is 2.33. The van der Waals surface area contributed by atoms with Crippen LogP contribution in [0.25, 0.3) is 0 Å². The van der Waals surface area contributed by atoms with Crippen LogP contribution in [0, 0.1) is 5.92 Å². The summed E-state index contributed by atoms with van der Waals surface area (Å²) in [7, 11) is 0. The van der Waals surface area contributed by atoms with Gasteiger partial charge in [0, 0.05) is 12.0 Å². The quantitative estimate of drug-likeness (QED) is 0.537. The fourth-order valence-corrected chi connectivity index (χ4v) is 1.94. The largest absolute Gasteiger partial charge is 0.393 e. The highest BCUT2D eigenvalue weighted by Gasteiger charge is 2.29. The number of nitrogens with two attached hydrogens (primary N) is 2. The molecule has 5 N–H and O–H groups in total. The number of hydrogen-bond donors (Lipinski definition) is 3. The summed E-state index contributed by atoms with van der Waals surface area (Å²) in [5.41, 5.74) is 10.5. The van der Waals surface area contributed by atoms with Crippen molar-refractivity contribution < 1.29 is 4.79 Å². The van der Waals surface area contributed by atoms with Crippen molar-refractivity contribution in [3.8, 4) is 0 Å². The molecule has 2 unspecified atom stereocenters. The number of primary amides is 1. The Labute approximate surface area is 76.7 Å². The van der Waals surface area contributed by atoms with Gasteiger partial charge in [-0.1, -0.05) is 18.6 Å². The second-order valence-electron chi connectivity index (χ2n) is 3.05. The van der Waals surface area contributed by atoms with Gasteiger partial charge in [0.05, 0.1) is 4.99 Å². The van der Waals surface area contributed by atoms with Crippen LogP contribution in [0.4, 0.5) is 4.79 Å². The predicted molar refractivity (Wildman–Crippen MR) is 50.6 cm³/mol. The van der Waals surface area contributed by atoms with E-state index in [1.54, 1.807) is 0 Å². The second kappa shape index (κ2) is 3.71. The standard InChI is InChI=1S/C7H13N3OS/c8-6(12)4-2-1-3-5(4)10-7(9)11/h4-5H,1-3H2,(H2,8,12)(H3,9,10,11). The Morgan fingerprint density at radius 3 is 2.58 bits per heavy atom. The molecule has 0 saturated heterocycles. The summed E-state index contributed by atoms with van der Waals surface area (Å²) in [4.78, 5) is 11.0. The topological polar surface area (TPSA) is 81.1 Å². The van der Waals surface area contributed by atoms with Crippen molar-refractivity contribution >= 4 is 23.2 Å². The zero-order valence-electron chi connectivity index (χ0n) is 6.75. The molecule has 1 saturated carbocycles. The lowest BCUT2D eigenvalue weighted by Gasteiger charge is -2.18. The monoisotopic (exact) mass is 187 g/mol. The molecule has 0 aromatic rings. The van der Waals surface area contributed by atoms with E-state index in [2.05, 4.69) is 5.32 Å². The normalized spacial score (nSPS) is 28.3. The van der Waals surface area contributed by atoms with Crippen molar-refractivity contribution in [3.63, 3.8) is 0 Å². The Kier molecular flexibility index (Phi) is 2.86. The Hall–Kier alpha value is -0.840. The molecule has 0 bridgehead atoms. The lowest BCUT2D eigenvalue weighted by Crippen LogP contribution is -2.44. The van der Waals surface area contributed by atoms with E-state index in [0.717, 1.165) is 19.3 Å². The number of hydrogen-bond acceptors (Lipinski definition) is 2. The molecule has 1 rings (SSSR count). The van der Waals surface area contributed by atoms with E-state index in [1.165, 1.54) is 0 Å². The zero-order valence-corrected chi connectivity index (χ0v) is 7.56. The lowest BCUT2D eigenvalue weighted by atomic mass is 10.0. The summed E-state index contributed by atoms with van der Waals surface area (Å²) in [6, 6.07) is -0.442. The van der Waals surface area contributed by atoms with E-state index in [0.29, 0.717) is 4.99 Å². The Balaban J connectivity index is 2.52. The van der Waals surface area contributed by atoms with E-state index in [9.17, 15) is 4.79 Å². The van der Waals surface area contributed by atoms with Crippen molar-refractivity contribution in [3.05, 3.63) is 0 Å². The molecule has 1 aliphatic rings. The minimum Gasteiger partial charge on any atom is -0.393 e. The molecule has 4 nitrogen and oxygen atoms in total. The molecule has 5 heteroatoms. The number of amides is 2. The van der Waals surface area contributed by atoms with Gasteiger partial charge in [-0.15, -0.1) is 0 Å². The summed E-state index contributed by atoms with van der Waals surface area (Å²) < 4.78 is 0. The van der Waals surface area contributed by atoms with Crippen molar-refractivity contribution in [2.75, 3.05) is 0 Å². The molecule has 12 heavy (non-hydrogen) atoms. The van der Waals surface area contributed by atoms with Gasteiger partial charge in [0.25, 0.3) is 0 Å². The van der Waals surface area contributed by atoms with E-state index in [4.69, 9.17) is 23.7 Å². The molecular formula is C7H13N3OS. The first kappa shape index (κ1) is 9.25. The molecule has 0 aromatic heterocycles. The average molecular weight is 187 g/mol. The third-order valence-electron chi connectivity index (χ3n) is 2.21. The van der Waals surface area contributed by atoms with Gasteiger partial charge < -0.3 is 16.8 Å². The molecule has 0 aliphatic heterocycles. The number of urea groups is 1. The highest BCUT2D eigenvalue weighted by Crippen LogP contribution is 2.25. The molecule has 0 radical (unpaired) electrons. The minimum absolute atomic E-state index is 0.0556. The fraction of sp³-hybridized carbons (Fsp3) is 0.714. The maximum atomic E-state index is 10.6. The second-order valence-corrected chi connectivity index (χ2v) is 3.53. The van der Waals surface area contributed by atoms with Gasteiger partial charge in [-0.3, -0.25) is 0 Å². The summed E-state index contributed by atoms with van der Waals surface area (Å²) in [5.74, 6) is 0.132. The maximum absolute atomic E-state index is 10.6. The van der Waals surface area contributed by atoms with Crippen molar-refractivity contribution in [1.82, 2.24) is 5.32 Å². The van der Waals surface area contributed by atoms with E-state index in [1.807, 2.05) is 0 Å². The fourth-order valence-electron chi connectivity index (χ4n) is 1.66. The van der Waals surface area contributed by atoms with Crippen LogP contribution >= 0.6 is 12.2 Å². The maximum Gasteiger partial charge on any atom is 0.312 e. The van der Waals surface area contributed by atoms with E-state index < -0.39 is 6.03 Å². The zero-order chi connectivity index (χ0) is 9.14. The van der Waals surface area contributed by atoms with Gasteiger partial charge in [-0.2, -0.15) is 0 Å². The first-order chi connectivity index (χ1) is 5.61. The Bertz CT molecular complexity index is 207.